The van der Waals surface area contributed by atoms with E-state index >= 15 is 0 Å². The molecular weight excluding hydrogens is 324 g/mol. The number of piperidine rings is 1. The third-order valence-corrected chi connectivity index (χ3v) is 6.43. The molecule has 2 fully saturated rings. The fraction of sp³-hybridized carbons (Fsp3) is 0.591. The van der Waals surface area contributed by atoms with Gasteiger partial charge in [0.05, 0.1) is 6.26 Å². The average molecular weight is 354 g/mol. The molecule has 1 unspecified atom stereocenters. The van der Waals surface area contributed by atoms with Crippen LogP contribution in [0.1, 0.15) is 63.0 Å². The molecule has 4 nitrogen and oxygen atoms in total. The number of nitrogens with zero attached hydrogens (tertiary/aromatic N) is 1. The van der Waals surface area contributed by atoms with Crippen LogP contribution in [-0.4, -0.2) is 30.4 Å². The van der Waals surface area contributed by atoms with Crippen LogP contribution in [0, 0.1) is 5.92 Å². The number of fused-ring (bicyclic) bond motifs is 1. The largest absolute Gasteiger partial charge is 0.464 e. The molecule has 1 saturated carbocycles. The summed E-state index contributed by atoms with van der Waals surface area (Å²) in [4.78, 5) is 13.3. The van der Waals surface area contributed by atoms with E-state index in [0.717, 1.165) is 30.9 Å². The fourth-order valence-electron chi connectivity index (χ4n) is 4.86. The third-order valence-electron chi connectivity index (χ3n) is 6.43. The van der Waals surface area contributed by atoms with Gasteiger partial charge in [-0.05, 0) is 76.1 Å². The monoisotopic (exact) mass is 354 g/mol. The normalized spacial score (nSPS) is 27.5. The summed E-state index contributed by atoms with van der Waals surface area (Å²) in [6.07, 6.45) is 12.7. The van der Waals surface area contributed by atoms with E-state index in [1.54, 1.807) is 0 Å². The van der Waals surface area contributed by atoms with Gasteiger partial charge >= 0.3 is 0 Å². The lowest BCUT2D eigenvalue weighted by Crippen LogP contribution is -2.36. The van der Waals surface area contributed by atoms with Crippen molar-refractivity contribution < 1.29 is 9.21 Å². The van der Waals surface area contributed by atoms with Gasteiger partial charge in [0, 0.05) is 23.2 Å². The van der Waals surface area contributed by atoms with Gasteiger partial charge in [0.1, 0.15) is 5.76 Å². The van der Waals surface area contributed by atoms with Crippen LogP contribution in [-0.2, 0) is 4.79 Å². The number of carbonyl (C=O) groups is 1. The van der Waals surface area contributed by atoms with Crippen LogP contribution < -0.4 is 5.32 Å². The molecule has 1 amide bonds. The minimum absolute atomic E-state index is 0.407. The number of amides is 1. The van der Waals surface area contributed by atoms with Gasteiger partial charge in [-0.15, -0.1) is 0 Å². The Balaban J connectivity index is 1.36. The molecule has 1 atom stereocenters. The Kier molecular flexibility index (Phi) is 5.59. The predicted molar refractivity (Wildman–Crippen MR) is 103 cm³/mol. The number of carbonyl (C=O) groups excluding carboxylic acids is 1. The molecular formula is C22H30N2O2. The summed E-state index contributed by atoms with van der Waals surface area (Å²) in [7, 11) is 0. The average Bonchev–Trinajstić information content (AvgIpc) is 3.16. The SMILES string of the molecule is O=CNC1CCC(CCN2CCCCC2c2coc3cccc-3c2)CC1. The van der Waals surface area contributed by atoms with Gasteiger partial charge in [-0.1, -0.05) is 18.6 Å². The van der Waals surface area contributed by atoms with E-state index < -0.39 is 0 Å². The van der Waals surface area contributed by atoms with E-state index in [9.17, 15) is 4.79 Å². The Bertz CT molecular complexity index is 675. The summed E-state index contributed by atoms with van der Waals surface area (Å²) in [6, 6.07) is 9.46. The topological polar surface area (TPSA) is 45.5 Å². The second-order valence-electron chi connectivity index (χ2n) is 8.06. The Morgan fingerprint density at radius 2 is 2.04 bits per heavy atom. The van der Waals surface area contributed by atoms with E-state index in [2.05, 4.69) is 28.4 Å². The van der Waals surface area contributed by atoms with Crippen LogP contribution in [0.15, 0.2) is 34.9 Å². The zero-order valence-electron chi connectivity index (χ0n) is 15.5. The molecule has 0 radical (unpaired) electrons. The maximum absolute atomic E-state index is 10.6. The first-order valence-electron chi connectivity index (χ1n) is 10.2. The predicted octanol–water partition coefficient (Wildman–Crippen LogP) is 4.61. The molecule has 2 heterocycles. The lowest BCUT2D eigenvalue weighted by atomic mass is 9.83. The van der Waals surface area contributed by atoms with Gasteiger partial charge in [-0.25, -0.2) is 0 Å². The van der Waals surface area contributed by atoms with Crippen molar-refractivity contribution >= 4 is 6.41 Å². The number of hydrogen-bond acceptors (Lipinski definition) is 3. The van der Waals surface area contributed by atoms with Gasteiger partial charge in [0.25, 0.3) is 0 Å². The molecule has 1 N–H and O–H groups in total. The first-order chi connectivity index (χ1) is 12.8. The summed E-state index contributed by atoms with van der Waals surface area (Å²) in [5.74, 6) is 1.79. The molecule has 0 bridgehead atoms. The van der Waals surface area contributed by atoms with E-state index in [1.165, 1.54) is 62.7 Å². The van der Waals surface area contributed by atoms with Crippen molar-refractivity contribution in [1.29, 1.82) is 0 Å². The second kappa shape index (κ2) is 8.26. The van der Waals surface area contributed by atoms with Gasteiger partial charge in [0.2, 0.25) is 6.41 Å². The highest BCUT2D eigenvalue weighted by Gasteiger charge is 2.27. The van der Waals surface area contributed by atoms with Crippen molar-refractivity contribution in [2.24, 2.45) is 5.92 Å². The maximum Gasteiger partial charge on any atom is 0.207 e. The summed E-state index contributed by atoms with van der Waals surface area (Å²) < 4.78 is 5.85. The Labute approximate surface area is 156 Å². The highest BCUT2D eigenvalue weighted by Crippen LogP contribution is 2.35. The van der Waals surface area contributed by atoms with Crippen molar-refractivity contribution in [3.8, 4) is 11.3 Å². The van der Waals surface area contributed by atoms with Crippen LogP contribution in [0.3, 0.4) is 0 Å². The zero-order valence-corrected chi connectivity index (χ0v) is 15.5. The molecule has 0 aromatic rings. The van der Waals surface area contributed by atoms with Gasteiger partial charge in [-0.2, -0.15) is 0 Å². The Morgan fingerprint density at radius 3 is 2.88 bits per heavy atom. The van der Waals surface area contributed by atoms with Crippen LogP contribution in [0.4, 0.5) is 0 Å². The van der Waals surface area contributed by atoms with Crippen molar-refractivity contribution in [3.05, 3.63) is 36.1 Å². The number of nitrogens with one attached hydrogen (secondary N) is 1. The first-order valence-corrected chi connectivity index (χ1v) is 10.2. The highest BCUT2D eigenvalue weighted by molar-refractivity contribution is 5.60. The van der Waals surface area contributed by atoms with Crippen molar-refractivity contribution in [2.45, 2.75) is 63.5 Å². The van der Waals surface area contributed by atoms with Crippen LogP contribution in [0.5, 0.6) is 0 Å². The first kappa shape index (κ1) is 17.6. The van der Waals surface area contributed by atoms with Crippen LogP contribution in [0.2, 0.25) is 0 Å². The van der Waals surface area contributed by atoms with E-state index in [1.807, 2.05) is 12.3 Å². The standard InChI is InChI=1S/C22H30N2O2/c25-16-23-20-9-7-17(8-10-20)11-13-24-12-2-1-5-21(24)19-14-18-4-3-6-22(18)26-15-19/h3-4,6,14-17,20-21H,1-2,5,7-13H2,(H,23,25). The minimum Gasteiger partial charge on any atom is -0.464 e. The summed E-state index contributed by atoms with van der Waals surface area (Å²) >= 11 is 0. The van der Waals surface area contributed by atoms with Crippen molar-refractivity contribution in [1.82, 2.24) is 10.2 Å². The van der Waals surface area contributed by atoms with Gasteiger partial charge in [-0.3, -0.25) is 9.69 Å². The molecule has 0 aromatic carbocycles. The molecule has 4 aliphatic rings. The fourth-order valence-corrected chi connectivity index (χ4v) is 4.86. The molecule has 1 saturated heterocycles. The van der Waals surface area contributed by atoms with E-state index in [4.69, 9.17) is 4.42 Å². The second-order valence-corrected chi connectivity index (χ2v) is 8.06. The minimum atomic E-state index is 0.407. The molecule has 4 heteroatoms. The van der Waals surface area contributed by atoms with E-state index in [-0.39, 0.29) is 0 Å². The number of likely N-dealkylation sites (tertiary alicyclic amines) is 1. The maximum atomic E-state index is 10.6. The summed E-state index contributed by atoms with van der Waals surface area (Å²) in [5, 5.41) is 2.95. The van der Waals surface area contributed by atoms with Crippen molar-refractivity contribution in [3.63, 3.8) is 0 Å². The molecule has 4 rings (SSSR count). The van der Waals surface area contributed by atoms with Crippen molar-refractivity contribution in [2.75, 3.05) is 13.1 Å². The van der Waals surface area contributed by atoms with E-state index in [0.29, 0.717) is 12.1 Å². The van der Waals surface area contributed by atoms with Gasteiger partial charge < -0.3 is 9.73 Å². The van der Waals surface area contributed by atoms with Crippen LogP contribution >= 0.6 is 0 Å². The quantitative estimate of drug-likeness (QED) is 0.771. The molecule has 0 spiro atoms. The summed E-state index contributed by atoms with van der Waals surface area (Å²) in [5.41, 5.74) is 2.55. The third kappa shape index (κ3) is 3.96. The Hall–Kier alpha value is -1.81. The number of rotatable bonds is 6. The smallest absolute Gasteiger partial charge is 0.207 e. The lowest BCUT2D eigenvalue weighted by Gasteiger charge is -2.37. The molecule has 26 heavy (non-hydrogen) atoms. The van der Waals surface area contributed by atoms with Crippen LogP contribution in [0.25, 0.3) is 11.3 Å². The number of hydrogen-bond donors (Lipinski definition) is 1. The highest BCUT2D eigenvalue weighted by atomic mass is 16.3. The molecule has 2 aliphatic heterocycles. The zero-order chi connectivity index (χ0) is 17.8. The summed E-state index contributed by atoms with van der Waals surface area (Å²) in [6.45, 7) is 2.38. The van der Waals surface area contributed by atoms with Gasteiger partial charge in [0.15, 0.2) is 0 Å². The Morgan fingerprint density at radius 1 is 1.15 bits per heavy atom. The molecule has 2 aliphatic carbocycles. The molecule has 140 valence electrons. The molecule has 0 aromatic heterocycles. The lowest BCUT2D eigenvalue weighted by molar-refractivity contribution is -0.110.